The maximum atomic E-state index is 12.6. The van der Waals surface area contributed by atoms with Crippen molar-refractivity contribution in [2.75, 3.05) is 12.4 Å². The molecule has 1 N–H and O–H groups in total. The molecule has 1 heterocycles. The summed E-state index contributed by atoms with van der Waals surface area (Å²) in [6.45, 7) is 4.35. The van der Waals surface area contributed by atoms with Crippen molar-refractivity contribution >= 4 is 11.6 Å². The van der Waals surface area contributed by atoms with E-state index in [-0.39, 0.29) is 5.91 Å². The third-order valence-electron chi connectivity index (χ3n) is 4.34. The smallest absolute Gasteiger partial charge is 0.257 e. The molecule has 0 unspecified atom stereocenters. The average Bonchev–Trinajstić information content (AvgIpc) is 2.69. The monoisotopic (exact) mass is 376 g/mol. The zero-order valence-electron chi connectivity index (χ0n) is 16.4. The molecule has 0 saturated heterocycles. The molecule has 1 aromatic heterocycles. The van der Waals surface area contributed by atoms with Crippen LogP contribution >= 0.6 is 0 Å². The van der Waals surface area contributed by atoms with E-state index < -0.39 is 0 Å². The van der Waals surface area contributed by atoms with Gasteiger partial charge in [-0.2, -0.15) is 0 Å². The van der Waals surface area contributed by atoms with Gasteiger partial charge in [0.05, 0.1) is 23.6 Å². The molecular weight excluding hydrogens is 352 g/mol. The number of anilines is 1. The predicted molar refractivity (Wildman–Crippen MR) is 110 cm³/mol. The van der Waals surface area contributed by atoms with Crippen molar-refractivity contribution < 1.29 is 14.3 Å². The molecule has 0 radical (unpaired) electrons. The number of nitrogens with zero attached hydrogens (tertiary/aromatic N) is 1. The van der Waals surface area contributed by atoms with Crippen LogP contribution in [0, 0.1) is 6.92 Å². The summed E-state index contributed by atoms with van der Waals surface area (Å²) in [5, 5.41) is 2.90. The van der Waals surface area contributed by atoms with Crippen LogP contribution in [0.25, 0.3) is 0 Å². The molecule has 0 aliphatic rings. The Morgan fingerprint density at radius 3 is 2.50 bits per heavy atom. The minimum atomic E-state index is -0.210. The van der Waals surface area contributed by atoms with Crippen molar-refractivity contribution in [2.45, 2.75) is 26.9 Å². The van der Waals surface area contributed by atoms with E-state index in [0.717, 1.165) is 17.9 Å². The van der Waals surface area contributed by atoms with Gasteiger partial charge in [0.2, 0.25) is 0 Å². The van der Waals surface area contributed by atoms with Crippen molar-refractivity contribution in [1.29, 1.82) is 0 Å². The first-order valence-electron chi connectivity index (χ1n) is 9.22. The Bertz CT molecular complexity index is 952. The number of ether oxygens (including phenoxy) is 2. The molecule has 1 amide bonds. The highest BCUT2D eigenvalue weighted by atomic mass is 16.5. The molecule has 0 fully saturated rings. The minimum absolute atomic E-state index is 0.210. The topological polar surface area (TPSA) is 60.5 Å². The van der Waals surface area contributed by atoms with Crippen LogP contribution in [-0.4, -0.2) is 18.0 Å². The number of benzene rings is 2. The molecule has 0 spiro atoms. The highest BCUT2D eigenvalue weighted by Gasteiger charge is 2.11. The zero-order valence-corrected chi connectivity index (χ0v) is 16.4. The van der Waals surface area contributed by atoms with E-state index >= 15 is 0 Å². The summed E-state index contributed by atoms with van der Waals surface area (Å²) in [5.41, 5.74) is 3.90. The van der Waals surface area contributed by atoms with Crippen LogP contribution in [0.2, 0.25) is 0 Å². The largest absolute Gasteiger partial charge is 0.457 e. The predicted octanol–water partition coefficient (Wildman–Crippen LogP) is 5.14. The number of aromatic nitrogens is 1. The van der Waals surface area contributed by atoms with Crippen molar-refractivity contribution in [2.24, 2.45) is 0 Å². The van der Waals surface area contributed by atoms with Crippen LogP contribution < -0.4 is 10.1 Å². The Morgan fingerprint density at radius 1 is 1.04 bits per heavy atom. The summed E-state index contributed by atoms with van der Waals surface area (Å²) in [5.74, 6) is 1.21. The van der Waals surface area contributed by atoms with Gasteiger partial charge in [-0.05, 0) is 55.3 Å². The summed E-state index contributed by atoms with van der Waals surface area (Å²) in [7, 11) is 1.62. The van der Waals surface area contributed by atoms with Crippen LogP contribution in [-0.2, 0) is 17.8 Å². The van der Waals surface area contributed by atoms with Crippen LogP contribution in [0.4, 0.5) is 5.69 Å². The normalized spacial score (nSPS) is 10.5. The summed E-state index contributed by atoms with van der Waals surface area (Å²) in [4.78, 5) is 17.0. The lowest BCUT2D eigenvalue weighted by Crippen LogP contribution is -2.14. The van der Waals surface area contributed by atoms with E-state index in [2.05, 4.69) is 17.2 Å². The number of rotatable bonds is 7. The number of carbonyl (C=O) groups excluding carboxylic acids is 1. The Balaban J connectivity index is 1.70. The standard InChI is InChI=1S/C23H24N2O3/c1-4-17-8-11-20(12-9-17)28-21-7-5-6-18(14-21)25-23(26)22-13-10-19(15-27-3)24-16(22)2/h5-14H,4,15H2,1-3H3,(H,25,26). The fraction of sp³-hybridized carbons (Fsp3) is 0.217. The van der Waals surface area contributed by atoms with Crippen molar-refractivity contribution in [3.63, 3.8) is 0 Å². The Hall–Kier alpha value is -3.18. The van der Waals surface area contributed by atoms with Crippen molar-refractivity contribution in [3.05, 3.63) is 83.2 Å². The van der Waals surface area contributed by atoms with Gasteiger partial charge in [-0.1, -0.05) is 25.1 Å². The number of aryl methyl sites for hydroxylation is 2. The molecule has 2 aromatic carbocycles. The van der Waals surface area contributed by atoms with E-state index in [1.807, 2.05) is 49.4 Å². The number of amides is 1. The van der Waals surface area contributed by atoms with Gasteiger partial charge in [0.1, 0.15) is 11.5 Å². The Labute approximate surface area is 165 Å². The van der Waals surface area contributed by atoms with E-state index in [1.54, 1.807) is 25.3 Å². The van der Waals surface area contributed by atoms with E-state index in [1.165, 1.54) is 5.56 Å². The lowest BCUT2D eigenvalue weighted by Gasteiger charge is -2.11. The molecule has 3 rings (SSSR count). The summed E-state index contributed by atoms with van der Waals surface area (Å²) in [6, 6.07) is 18.9. The highest BCUT2D eigenvalue weighted by Crippen LogP contribution is 2.25. The van der Waals surface area contributed by atoms with Crippen LogP contribution in [0.3, 0.4) is 0 Å². The average molecular weight is 376 g/mol. The molecule has 28 heavy (non-hydrogen) atoms. The number of carbonyl (C=O) groups is 1. The maximum absolute atomic E-state index is 12.6. The fourth-order valence-corrected chi connectivity index (χ4v) is 2.85. The molecule has 0 aliphatic heterocycles. The van der Waals surface area contributed by atoms with Gasteiger partial charge in [0.25, 0.3) is 5.91 Å². The summed E-state index contributed by atoms with van der Waals surface area (Å²) < 4.78 is 11.0. The highest BCUT2D eigenvalue weighted by molar-refractivity contribution is 6.05. The lowest BCUT2D eigenvalue weighted by molar-refractivity contribution is 0.102. The van der Waals surface area contributed by atoms with Crippen LogP contribution in [0.5, 0.6) is 11.5 Å². The van der Waals surface area contributed by atoms with Crippen LogP contribution in [0.1, 0.15) is 34.2 Å². The quantitative estimate of drug-likeness (QED) is 0.620. The molecule has 0 aliphatic carbocycles. The van der Waals surface area contributed by atoms with E-state index in [4.69, 9.17) is 9.47 Å². The molecule has 144 valence electrons. The lowest BCUT2D eigenvalue weighted by atomic mass is 10.1. The third kappa shape index (κ3) is 4.96. The summed E-state index contributed by atoms with van der Waals surface area (Å²) in [6.07, 6.45) is 0.989. The zero-order chi connectivity index (χ0) is 19.9. The Morgan fingerprint density at radius 2 is 1.82 bits per heavy atom. The van der Waals surface area contributed by atoms with Crippen molar-refractivity contribution in [1.82, 2.24) is 4.98 Å². The maximum Gasteiger partial charge on any atom is 0.257 e. The number of hydrogen-bond acceptors (Lipinski definition) is 4. The first-order valence-corrected chi connectivity index (χ1v) is 9.22. The molecular formula is C23H24N2O3. The van der Waals surface area contributed by atoms with Gasteiger partial charge in [-0.25, -0.2) is 0 Å². The molecule has 5 nitrogen and oxygen atoms in total. The first-order chi connectivity index (χ1) is 13.6. The van der Waals surface area contributed by atoms with Crippen molar-refractivity contribution in [3.8, 4) is 11.5 Å². The number of hydrogen-bond donors (Lipinski definition) is 1. The molecule has 0 bridgehead atoms. The van der Waals surface area contributed by atoms with Gasteiger partial charge in [0.15, 0.2) is 0 Å². The number of methoxy groups -OCH3 is 1. The molecule has 0 atom stereocenters. The van der Waals surface area contributed by atoms with E-state index in [9.17, 15) is 4.79 Å². The first kappa shape index (κ1) is 19.6. The molecule has 3 aromatic rings. The van der Waals surface area contributed by atoms with Gasteiger partial charge in [-0.15, -0.1) is 0 Å². The SMILES string of the molecule is CCc1ccc(Oc2cccc(NC(=O)c3ccc(COC)nc3C)c2)cc1. The second-order valence-corrected chi connectivity index (χ2v) is 6.45. The van der Waals surface area contributed by atoms with Gasteiger partial charge in [-0.3, -0.25) is 9.78 Å². The van der Waals surface area contributed by atoms with Gasteiger partial charge < -0.3 is 14.8 Å². The molecule has 5 heteroatoms. The second-order valence-electron chi connectivity index (χ2n) is 6.45. The van der Waals surface area contributed by atoms with Gasteiger partial charge in [0, 0.05) is 18.9 Å². The minimum Gasteiger partial charge on any atom is -0.457 e. The molecule has 0 saturated carbocycles. The van der Waals surface area contributed by atoms with Crippen LogP contribution in [0.15, 0.2) is 60.7 Å². The fourth-order valence-electron chi connectivity index (χ4n) is 2.85. The summed E-state index contributed by atoms with van der Waals surface area (Å²) >= 11 is 0. The van der Waals surface area contributed by atoms with E-state index in [0.29, 0.717) is 29.3 Å². The second kappa shape index (κ2) is 9.15. The number of pyridine rings is 1. The number of nitrogens with one attached hydrogen (secondary N) is 1. The Kier molecular flexibility index (Phi) is 6.40. The third-order valence-corrected chi connectivity index (χ3v) is 4.34. The van der Waals surface area contributed by atoms with Gasteiger partial charge >= 0.3 is 0 Å².